The second-order valence-corrected chi connectivity index (χ2v) is 5.77. The van der Waals surface area contributed by atoms with E-state index in [1.54, 1.807) is 26.8 Å². The molecule has 116 valence electrons. The maximum absolute atomic E-state index is 12.0. The van der Waals surface area contributed by atoms with Crippen LogP contribution in [0.15, 0.2) is 12.3 Å². The summed E-state index contributed by atoms with van der Waals surface area (Å²) in [6.07, 6.45) is 1.64. The maximum atomic E-state index is 12.0. The molecule has 0 N–H and O–H groups in total. The third-order valence-electron chi connectivity index (χ3n) is 2.81. The summed E-state index contributed by atoms with van der Waals surface area (Å²) in [5.74, 6) is 0.489. The number of carbonyl (C=O) groups is 2. The lowest BCUT2D eigenvalue weighted by Gasteiger charge is -2.28. The van der Waals surface area contributed by atoms with Gasteiger partial charge in [0.25, 0.3) is 0 Å². The quantitative estimate of drug-likeness (QED) is 0.798. The van der Waals surface area contributed by atoms with E-state index in [4.69, 9.17) is 9.47 Å². The highest BCUT2D eigenvalue weighted by Crippen LogP contribution is 2.23. The van der Waals surface area contributed by atoms with Crippen LogP contribution in [0.2, 0.25) is 0 Å². The molecule has 21 heavy (non-hydrogen) atoms. The van der Waals surface area contributed by atoms with E-state index in [0.717, 1.165) is 5.56 Å². The number of pyridine rings is 1. The van der Waals surface area contributed by atoms with E-state index in [1.165, 1.54) is 25.3 Å². The van der Waals surface area contributed by atoms with Gasteiger partial charge in [0, 0.05) is 24.4 Å². The standard InChI is InChI=1S/C15H22N2O4/c1-10-7-11(8-16-13(10)20-6)12(9-18)17(5)14(19)21-15(2,3)4/h7-9,12H,1-6H3. The summed E-state index contributed by atoms with van der Waals surface area (Å²) >= 11 is 0. The van der Waals surface area contributed by atoms with E-state index in [1.807, 2.05) is 6.92 Å². The molecule has 6 heteroatoms. The molecule has 1 aromatic heterocycles. The average Bonchev–Trinajstić information content (AvgIpc) is 2.37. The molecular formula is C15H22N2O4. The monoisotopic (exact) mass is 294 g/mol. The number of likely N-dealkylation sites (N-methyl/N-ethyl adjacent to an activating group) is 1. The molecule has 1 atom stereocenters. The number of aromatic nitrogens is 1. The highest BCUT2D eigenvalue weighted by atomic mass is 16.6. The summed E-state index contributed by atoms with van der Waals surface area (Å²) in [7, 11) is 3.05. The third-order valence-corrected chi connectivity index (χ3v) is 2.81. The Balaban J connectivity index is 2.99. The zero-order valence-electron chi connectivity index (χ0n) is 13.3. The number of rotatable bonds is 4. The Labute approximate surface area is 125 Å². The van der Waals surface area contributed by atoms with Crippen LogP contribution in [-0.2, 0) is 9.53 Å². The van der Waals surface area contributed by atoms with Gasteiger partial charge in [-0.2, -0.15) is 0 Å². The van der Waals surface area contributed by atoms with Gasteiger partial charge >= 0.3 is 6.09 Å². The topological polar surface area (TPSA) is 68.7 Å². The lowest BCUT2D eigenvalue weighted by Crippen LogP contribution is -2.37. The van der Waals surface area contributed by atoms with Crippen molar-refractivity contribution in [2.24, 2.45) is 0 Å². The number of ether oxygens (including phenoxy) is 2. The van der Waals surface area contributed by atoms with Crippen molar-refractivity contribution in [2.45, 2.75) is 39.3 Å². The van der Waals surface area contributed by atoms with Gasteiger partial charge in [0.05, 0.1) is 7.11 Å². The second-order valence-electron chi connectivity index (χ2n) is 5.77. The predicted octanol–water partition coefficient (Wildman–Crippen LogP) is 2.51. The van der Waals surface area contributed by atoms with Crippen LogP contribution in [-0.4, -0.2) is 42.0 Å². The summed E-state index contributed by atoms with van der Waals surface area (Å²) < 4.78 is 10.3. The predicted molar refractivity (Wildman–Crippen MR) is 78.3 cm³/mol. The largest absolute Gasteiger partial charge is 0.481 e. The molecule has 1 aromatic rings. The normalized spacial score (nSPS) is 12.5. The Hall–Kier alpha value is -2.11. The number of methoxy groups -OCH3 is 1. The molecule has 0 aliphatic carbocycles. The van der Waals surface area contributed by atoms with Crippen LogP contribution in [0.5, 0.6) is 5.88 Å². The molecule has 1 heterocycles. The van der Waals surface area contributed by atoms with Crippen LogP contribution in [0.3, 0.4) is 0 Å². The number of nitrogens with zero attached hydrogens (tertiary/aromatic N) is 2. The van der Waals surface area contributed by atoms with E-state index in [9.17, 15) is 9.59 Å². The summed E-state index contributed by atoms with van der Waals surface area (Å²) in [5, 5.41) is 0. The van der Waals surface area contributed by atoms with Gasteiger partial charge < -0.3 is 14.3 Å². The van der Waals surface area contributed by atoms with Crippen LogP contribution < -0.4 is 4.74 Å². The highest BCUT2D eigenvalue weighted by Gasteiger charge is 2.26. The number of carbonyl (C=O) groups excluding carboxylic acids is 2. The highest BCUT2D eigenvalue weighted by molar-refractivity contribution is 5.74. The number of aldehydes is 1. The Bertz CT molecular complexity index is 523. The Morgan fingerprint density at radius 3 is 2.48 bits per heavy atom. The van der Waals surface area contributed by atoms with E-state index in [2.05, 4.69) is 4.98 Å². The van der Waals surface area contributed by atoms with Crippen LogP contribution >= 0.6 is 0 Å². The molecule has 0 spiro atoms. The van der Waals surface area contributed by atoms with Crippen molar-refractivity contribution in [3.63, 3.8) is 0 Å². The van der Waals surface area contributed by atoms with Crippen molar-refractivity contribution in [1.82, 2.24) is 9.88 Å². The minimum atomic E-state index is -0.753. The van der Waals surface area contributed by atoms with E-state index < -0.39 is 17.7 Å². The fraction of sp³-hybridized carbons (Fsp3) is 0.533. The fourth-order valence-electron chi connectivity index (χ4n) is 1.80. The van der Waals surface area contributed by atoms with Gasteiger partial charge in [-0.25, -0.2) is 9.78 Å². The van der Waals surface area contributed by atoms with Crippen LogP contribution in [0.1, 0.15) is 37.9 Å². The first-order valence-electron chi connectivity index (χ1n) is 6.61. The second kappa shape index (κ2) is 6.56. The van der Waals surface area contributed by atoms with Gasteiger partial charge in [-0.3, -0.25) is 4.90 Å². The van der Waals surface area contributed by atoms with Crippen LogP contribution in [0.25, 0.3) is 0 Å². The third kappa shape index (κ3) is 4.44. The van der Waals surface area contributed by atoms with Crippen molar-refractivity contribution in [1.29, 1.82) is 0 Å². The summed E-state index contributed by atoms with van der Waals surface area (Å²) in [5.41, 5.74) is 0.781. The van der Waals surface area contributed by atoms with Gasteiger partial charge in [-0.05, 0) is 33.8 Å². The first-order valence-corrected chi connectivity index (χ1v) is 6.61. The Kier molecular flexibility index (Phi) is 5.29. The molecule has 0 aromatic carbocycles. The minimum Gasteiger partial charge on any atom is -0.481 e. The smallest absolute Gasteiger partial charge is 0.410 e. The van der Waals surface area contributed by atoms with Gasteiger partial charge in [0.15, 0.2) is 0 Å². The molecule has 6 nitrogen and oxygen atoms in total. The van der Waals surface area contributed by atoms with Gasteiger partial charge in [-0.15, -0.1) is 0 Å². The summed E-state index contributed by atoms with van der Waals surface area (Å²) in [4.78, 5) is 28.8. The van der Waals surface area contributed by atoms with Gasteiger partial charge in [-0.1, -0.05) is 0 Å². The fourth-order valence-corrected chi connectivity index (χ4v) is 1.80. The van der Waals surface area contributed by atoms with E-state index in [-0.39, 0.29) is 0 Å². The number of aryl methyl sites for hydroxylation is 1. The van der Waals surface area contributed by atoms with Gasteiger partial charge in [0.1, 0.15) is 17.9 Å². The van der Waals surface area contributed by atoms with E-state index >= 15 is 0 Å². The van der Waals surface area contributed by atoms with Crippen molar-refractivity contribution in [2.75, 3.05) is 14.2 Å². The van der Waals surface area contributed by atoms with Crippen molar-refractivity contribution in [3.8, 4) is 5.88 Å². The molecule has 1 amide bonds. The molecule has 1 unspecified atom stereocenters. The first-order chi connectivity index (χ1) is 9.69. The van der Waals surface area contributed by atoms with Crippen LogP contribution in [0.4, 0.5) is 4.79 Å². The first kappa shape index (κ1) is 16.9. The zero-order chi connectivity index (χ0) is 16.2. The molecule has 0 saturated heterocycles. The SMILES string of the molecule is COc1ncc(C(C=O)N(C)C(=O)OC(C)(C)C)cc1C. The maximum Gasteiger partial charge on any atom is 0.410 e. The minimum absolute atomic E-state index is 0.489. The van der Waals surface area contributed by atoms with Crippen molar-refractivity contribution in [3.05, 3.63) is 23.4 Å². The Morgan fingerprint density at radius 1 is 1.43 bits per heavy atom. The van der Waals surface area contributed by atoms with E-state index in [0.29, 0.717) is 17.7 Å². The summed E-state index contributed by atoms with van der Waals surface area (Å²) in [6, 6.07) is 1.02. The van der Waals surface area contributed by atoms with Gasteiger partial charge in [0.2, 0.25) is 5.88 Å². The molecule has 0 saturated carbocycles. The number of hydrogen-bond acceptors (Lipinski definition) is 5. The lowest BCUT2D eigenvalue weighted by atomic mass is 10.1. The molecule has 0 radical (unpaired) electrons. The molecule has 0 aliphatic heterocycles. The molecular weight excluding hydrogens is 272 g/mol. The molecule has 1 rings (SSSR count). The van der Waals surface area contributed by atoms with Crippen molar-refractivity contribution >= 4 is 12.4 Å². The molecule has 0 fully saturated rings. The summed E-state index contributed by atoms with van der Waals surface area (Å²) in [6.45, 7) is 7.14. The Morgan fingerprint density at radius 2 is 2.05 bits per heavy atom. The van der Waals surface area contributed by atoms with Crippen molar-refractivity contribution < 1.29 is 19.1 Å². The molecule has 0 aliphatic rings. The number of amides is 1. The zero-order valence-corrected chi connectivity index (χ0v) is 13.3. The van der Waals surface area contributed by atoms with Crippen LogP contribution in [0, 0.1) is 6.92 Å². The number of hydrogen-bond donors (Lipinski definition) is 0. The average molecular weight is 294 g/mol. The lowest BCUT2D eigenvalue weighted by molar-refractivity contribution is -0.112. The molecule has 0 bridgehead atoms.